The molecule has 0 saturated carbocycles. The van der Waals surface area contributed by atoms with E-state index >= 15 is 0 Å². The fourth-order valence-electron chi connectivity index (χ4n) is 1.74. The van der Waals surface area contributed by atoms with Crippen LogP contribution >= 0.6 is 0 Å². The van der Waals surface area contributed by atoms with Gasteiger partial charge in [0.1, 0.15) is 5.82 Å². The molecule has 2 aromatic rings. The Kier molecular flexibility index (Phi) is 4.60. The highest BCUT2D eigenvalue weighted by Crippen LogP contribution is 2.27. The van der Waals surface area contributed by atoms with E-state index in [1.165, 1.54) is 0 Å². The van der Waals surface area contributed by atoms with Gasteiger partial charge in [0.05, 0.1) is 20.3 Å². The number of nitrogens with one attached hydrogen (secondary N) is 2. The van der Waals surface area contributed by atoms with Crippen molar-refractivity contribution in [2.75, 3.05) is 13.7 Å². The number of hydrogen-bond acceptors (Lipinski definition) is 4. The Morgan fingerprint density at radius 1 is 1.40 bits per heavy atom. The Balaban J connectivity index is 2.05. The molecule has 0 spiro atoms. The molecule has 0 saturated heterocycles. The van der Waals surface area contributed by atoms with Gasteiger partial charge in [-0.05, 0) is 25.1 Å². The molecule has 0 radical (unpaired) electrons. The molecule has 0 bridgehead atoms. The average Bonchev–Trinajstić information content (AvgIpc) is 2.98. The standard InChI is InChI=1S/C14H17N3O3/c1-3-20-11-5-4-10(8-12(11)19-2)14(18)17-9-13-15-6-7-16-13/h4-8H,3,9H2,1-2H3,(H,15,16)(H,17,18). The molecule has 0 aliphatic carbocycles. The number of carbonyl (C=O) groups is 1. The van der Waals surface area contributed by atoms with Crippen LogP contribution in [0.4, 0.5) is 0 Å². The minimum absolute atomic E-state index is 0.192. The minimum Gasteiger partial charge on any atom is -0.493 e. The predicted molar refractivity (Wildman–Crippen MR) is 73.9 cm³/mol. The second-order valence-electron chi connectivity index (χ2n) is 4.02. The van der Waals surface area contributed by atoms with Crippen molar-refractivity contribution in [3.8, 4) is 11.5 Å². The van der Waals surface area contributed by atoms with Crippen LogP contribution in [-0.2, 0) is 6.54 Å². The molecule has 106 valence electrons. The van der Waals surface area contributed by atoms with Gasteiger partial charge in [-0.3, -0.25) is 4.79 Å². The van der Waals surface area contributed by atoms with Crippen molar-refractivity contribution in [3.05, 3.63) is 42.0 Å². The fraction of sp³-hybridized carbons (Fsp3) is 0.286. The lowest BCUT2D eigenvalue weighted by atomic mass is 10.2. The van der Waals surface area contributed by atoms with Gasteiger partial charge >= 0.3 is 0 Å². The Morgan fingerprint density at radius 2 is 2.25 bits per heavy atom. The van der Waals surface area contributed by atoms with Gasteiger partial charge in [-0.15, -0.1) is 0 Å². The summed E-state index contributed by atoms with van der Waals surface area (Å²) in [6.07, 6.45) is 3.35. The zero-order valence-corrected chi connectivity index (χ0v) is 11.5. The second-order valence-corrected chi connectivity index (χ2v) is 4.02. The van der Waals surface area contributed by atoms with E-state index in [2.05, 4.69) is 15.3 Å². The van der Waals surface area contributed by atoms with Gasteiger partial charge in [0, 0.05) is 18.0 Å². The summed E-state index contributed by atoms with van der Waals surface area (Å²) in [4.78, 5) is 19.0. The smallest absolute Gasteiger partial charge is 0.251 e. The van der Waals surface area contributed by atoms with Crippen molar-refractivity contribution in [1.29, 1.82) is 0 Å². The Morgan fingerprint density at radius 3 is 2.90 bits per heavy atom. The highest BCUT2D eigenvalue weighted by Gasteiger charge is 2.11. The monoisotopic (exact) mass is 275 g/mol. The second kappa shape index (κ2) is 6.60. The third kappa shape index (κ3) is 3.28. The highest BCUT2D eigenvalue weighted by atomic mass is 16.5. The summed E-state index contributed by atoms with van der Waals surface area (Å²) in [6.45, 7) is 2.78. The first-order valence-electron chi connectivity index (χ1n) is 6.32. The van der Waals surface area contributed by atoms with Crippen LogP contribution in [0, 0.1) is 0 Å². The van der Waals surface area contributed by atoms with Crippen LogP contribution in [0.3, 0.4) is 0 Å². The maximum atomic E-state index is 12.0. The van der Waals surface area contributed by atoms with Gasteiger partial charge < -0.3 is 19.8 Å². The summed E-state index contributed by atoms with van der Waals surface area (Å²) in [6, 6.07) is 5.08. The van der Waals surface area contributed by atoms with Crippen LogP contribution in [0.2, 0.25) is 0 Å². The number of amides is 1. The molecule has 0 atom stereocenters. The number of nitrogens with zero attached hydrogens (tertiary/aromatic N) is 1. The first-order valence-corrected chi connectivity index (χ1v) is 6.32. The number of hydrogen-bond donors (Lipinski definition) is 2. The molecular weight excluding hydrogens is 258 g/mol. The molecule has 6 nitrogen and oxygen atoms in total. The summed E-state index contributed by atoms with van der Waals surface area (Å²) >= 11 is 0. The van der Waals surface area contributed by atoms with Crippen LogP contribution in [0.25, 0.3) is 0 Å². The normalized spacial score (nSPS) is 10.1. The highest BCUT2D eigenvalue weighted by molar-refractivity contribution is 5.94. The van der Waals surface area contributed by atoms with Gasteiger partial charge in [-0.1, -0.05) is 0 Å². The quantitative estimate of drug-likeness (QED) is 0.842. The summed E-state index contributed by atoms with van der Waals surface area (Å²) in [5.41, 5.74) is 0.511. The first kappa shape index (κ1) is 13.9. The van der Waals surface area contributed by atoms with Crippen LogP contribution in [0.5, 0.6) is 11.5 Å². The van der Waals surface area contributed by atoms with Crippen LogP contribution in [0.1, 0.15) is 23.1 Å². The van der Waals surface area contributed by atoms with Crippen molar-refractivity contribution in [1.82, 2.24) is 15.3 Å². The van der Waals surface area contributed by atoms with Crippen LogP contribution in [0.15, 0.2) is 30.6 Å². The number of benzene rings is 1. The van der Waals surface area contributed by atoms with Crippen molar-refractivity contribution in [2.24, 2.45) is 0 Å². The number of imidazole rings is 1. The van der Waals surface area contributed by atoms with E-state index in [1.807, 2.05) is 6.92 Å². The summed E-state index contributed by atoms with van der Waals surface area (Å²) in [5.74, 6) is 1.68. The third-order valence-corrected chi connectivity index (χ3v) is 2.70. The Hall–Kier alpha value is -2.50. The lowest BCUT2D eigenvalue weighted by Gasteiger charge is -2.10. The number of rotatable bonds is 6. The van der Waals surface area contributed by atoms with Gasteiger partial charge in [0.25, 0.3) is 5.91 Å². The number of H-pyrrole nitrogens is 1. The molecule has 1 heterocycles. The molecule has 1 amide bonds. The Bertz CT molecular complexity index is 567. The van der Waals surface area contributed by atoms with Crippen molar-refractivity contribution >= 4 is 5.91 Å². The maximum absolute atomic E-state index is 12.0. The number of ether oxygens (including phenoxy) is 2. The summed E-state index contributed by atoms with van der Waals surface area (Å²) in [7, 11) is 1.54. The van der Waals surface area contributed by atoms with Crippen LogP contribution < -0.4 is 14.8 Å². The van der Waals surface area contributed by atoms with E-state index in [4.69, 9.17) is 9.47 Å². The van der Waals surface area contributed by atoms with Gasteiger partial charge in [-0.25, -0.2) is 4.98 Å². The molecule has 0 aliphatic rings. The number of methoxy groups -OCH3 is 1. The molecule has 0 fully saturated rings. The number of aromatic amines is 1. The van der Waals surface area contributed by atoms with E-state index in [9.17, 15) is 4.79 Å². The lowest BCUT2D eigenvalue weighted by molar-refractivity contribution is 0.0949. The summed E-state index contributed by atoms with van der Waals surface area (Å²) in [5, 5.41) is 2.78. The fourth-order valence-corrected chi connectivity index (χ4v) is 1.74. The van der Waals surface area contributed by atoms with Gasteiger partial charge in [0.2, 0.25) is 0 Å². The summed E-state index contributed by atoms with van der Waals surface area (Å²) < 4.78 is 10.6. The van der Waals surface area contributed by atoms with Crippen molar-refractivity contribution in [3.63, 3.8) is 0 Å². The van der Waals surface area contributed by atoms with Gasteiger partial charge in [0.15, 0.2) is 11.5 Å². The lowest BCUT2D eigenvalue weighted by Crippen LogP contribution is -2.23. The molecule has 20 heavy (non-hydrogen) atoms. The average molecular weight is 275 g/mol. The minimum atomic E-state index is -0.192. The van der Waals surface area contributed by atoms with E-state index in [-0.39, 0.29) is 5.91 Å². The third-order valence-electron chi connectivity index (χ3n) is 2.70. The first-order chi connectivity index (χ1) is 9.74. The van der Waals surface area contributed by atoms with E-state index in [0.717, 1.165) is 0 Å². The predicted octanol–water partition coefficient (Wildman–Crippen LogP) is 1.75. The molecule has 0 unspecified atom stereocenters. The van der Waals surface area contributed by atoms with Gasteiger partial charge in [-0.2, -0.15) is 0 Å². The number of aromatic nitrogens is 2. The molecule has 1 aromatic carbocycles. The molecule has 6 heteroatoms. The van der Waals surface area contributed by atoms with E-state index in [0.29, 0.717) is 36.0 Å². The Labute approximate surface area is 117 Å². The van der Waals surface area contributed by atoms with Crippen molar-refractivity contribution < 1.29 is 14.3 Å². The molecule has 2 N–H and O–H groups in total. The zero-order valence-electron chi connectivity index (χ0n) is 11.5. The SMILES string of the molecule is CCOc1ccc(C(=O)NCc2ncc[nH]2)cc1OC. The van der Waals surface area contributed by atoms with E-state index < -0.39 is 0 Å². The number of carbonyl (C=O) groups excluding carboxylic acids is 1. The largest absolute Gasteiger partial charge is 0.493 e. The molecular formula is C14H17N3O3. The topological polar surface area (TPSA) is 76.2 Å². The molecule has 2 rings (SSSR count). The van der Waals surface area contributed by atoms with Crippen molar-refractivity contribution in [2.45, 2.75) is 13.5 Å². The van der Waals surface area contributed by atoms with Crippen LogP contribution in [-0.4, -0.2) is 29.6 Å². The maximum Gasteiger partial charge on any atom is 0.251 e. The van der Waals surface area contributed by atoms with E-state index in [1.54, 1.807) is 37.7 Å². The molecule has 1 aromatic heterocycles. The molecule has 0 aliphatic heterocycles. The zero-order chi connectivity index (χ0) is 14.4.